The van der Waals surface area contributed by atoms with Gasteiger partial charge in [-0.25, -0.2) is 9.97 Å². The van der Waals surface area contributed by atoms with Gasteiger partial charge in [0.15, 0.2) is 0 Å². The molecular weight excluding hydrogens is 244 g/mol. The summed E-state index contributed by atoms with van der Waals surface area (Å²) in [4.78, 5) is 9.20. The molecule has 2 rings (SSSR count). The van der Waals surface area contributed by atoms with Crippen LogP contribution in [0, 0.1) is 0 Å². The molecule has 2 N–H and O–H groups in total. The lowest BCUT2D eigenvalue weighted by atomic mass is 10.3. The van der Waals surface area contributed by atoms with Gasteiger partial charge in [0, 0.05) is 30.8 Å². The smallest absolute Gasteiger partial charge is 0.136 e. The minimum Gasteiger partial charge on any atom is -0.370 e. The predicted octanol–water partition coefficient (Wildman–Crippen LogP) is 2.95. The maximum Gasteiger partial charge on any atom is 0.136 e. The first kappa shape index (κ1) is 13.5. The number of nitrogens with zero attached hydrogens (tertiary/aromatic N) is 2. The summed E-state index contributed by atoms with van der Waals surface area (Å²) in [5, 5.41) is 6.73. The molecule has 18 heavy (non-hydrogen) atoms. The molecule has 0 saturated heterocycles. The summed E-state index contributed by atoms with van der Waals surface area (Å²) in [7, 11) is 0. The number of anilines is 2. The first-order valence-corrected chi connectivity index (χ1v) is 8.08. The van der Waals surface area contributed by atoms with Crippen molar-refractivity contribution < 1.29 is 0 Å². The first-order chi connectivity index (χ1) is 8.83. The van der Waals surface area contributed by atoms with Gasteiger partial charge in [-0.3, -0.25) is 0 Å². The summed E-state index contributed by atoms with van der Waals surface area (Å²) in [6.45, 7) is 4.08. The highest BCUT2D eigenvalue weighted by molar-refractivity contribution is 7.98. The number of aromatic nitrogens is 2. The quantitative estimate of drug-likeness (QED) is 0.709. The molecule has 1 aliphatic carbocycles. The molecule has 1 aromatic rings. The molecule has 1 fully saturated rings. The van der Waals surface area contributed by atoms with E-state index >= 15 is 0 Å². The van der Waals surface area contributed by atoms with E-state index in [1.807, 2.05) is 17.8 Å². The molecule has 1 aromatic heterocycles. The highest BCUT2D eigenvalue weighted by atomic mass is 32.2. The third-order valence-corrected chi connectivity index (χ3v) is 3.47. The number of hydrogen-bond acceptors (Lipinski definition) is 5. The zero-order valence-electron chi connectivity index (χ0n) is 11.2. The molecule has 0 bridgehead atoms. The van der Waals surface area contributed by atoms with Crippen LogP contribution in [0.15, 0.2) is 6.07 Å². The van der Waals surface area contributed by atoms with Gasteiger partial charge < -0.3 is 10.6 Å². The van der Waals surface area contributed by atoms with Crippen LogP contribution in [0.25, 0.3) is 0 Å². The van der Waals surface area contributed by atoms with Gasteiger partial charge in [0.05, 0.1) is 0 Å². The topological polar surface area (TPSA) is 49.8 Å². The molecule has 0 radical (unpaired) electrons. The number of rotatable bonds is 8. The molecule has 1 aliphatic rings. The molecule has 0 aliphatic heterocycles. The molecule has 0 atom stereocenters. The van der Waals surface area contributed by atoms with E-state index < -0.39 is 0 Å². The Kier molecular flexibility index (Phi) is 5.11. The maximum absolute atomic E-state index is 4.60. The number of hydrogen-bond donors (Lipinski definition) is 2. The average molecular weight is 266 g/mol. The van der Waals surface area contributed by atoms with Crippen LogP contribution < -0.4 is 10.6 Å². The van der Waals surface area contributed by atoms with Crippen LogP contribution in [0.4, 0.5) is 11.6 Å². The van der Waals surface area contributed by atoms with E-state index in [4.69, 9.17) is 0 Å². The van der Waals surface area contributed by atoms with Crippen LogP contribution >= 0.6 is 11.8 Å². The van der Waals surface area contributed by atoms with Gasteiger partial charge in [0.1, 0.15) is 17.5 Å². The zero-order chi connectivity index (χ0) is 12.8. The van der Waals surface area contributed by atoms with E-state index in [1.165, 1.54) is 12.8 Å². The lowest BCUT2D eigenvalue weighted by Crippen LogP contribution is -2.10. The second-order valence-corrected chi connectivity index (χ2v) is 5.60. The first-order valence-electron chi connectivity index (χ1n) is 6.69. The van der Waals surface area contributed by atoms with E-state index in [0.717, 1.165) is 42.7 Å². The minimum absolute atomic E-state index is 0.592. The third-order valence-electron chi connectivity index (χ3n) is 2.85. The van der Waals surface area contributed by atoms with Crippen LogP contribution in [0.1, 0.15) is 37.9 Å². The molecule has 4 nitrogen and oxygen atoms in total. The van der Waals surface area contributed by atoms with Crippen LogP contribution in [0.3, 0.4) is 0 Å². The standard InChI is InChI=1S/C13H22N4S/c1-3-6-14-11-9-12(15-7-8-18-2)17-13(16-11)10-4-5-10/h9-10H,3-8H2,1-2H3,(H2,14,15,16,17). The van der Waals surface area contributed by atoms with E-state index in [0.29, 0.717) is 5.92 Å². The molecule has 0 aromatic carbocycles. The monoisotopic (exact) mass is 266 g/mol. The van der Waals surface area contributed by atoms with E-state index in [9.17, 15) is 0 Å². The van der Waals surface area contributed by atoms with E-state index in [1.54, 1.807) is 0 Å². The van der Waals surface area contributed by atoms with Crippen molar-refractivity contribution in [3.63, 3.8) is 0 Å². The third kappa shape index (κ3) is 4.05. The largest absolute Gasteiger partial charge is 0.370 e. The van der Waals surface area contributed by atoms with Crippen molar-refractivity contribution in [3.05, 3.63) is 11.9 Å². The summed E-state index contributed by atoms with van der Waals surface area (Å²) < 4.78 is 0. The molecule has 5 heteroatoms. The summed E-state index contributed by atoms with van der Waals surface area (Å²) in [5.41, 5.74) is 0. The highest BCUT2D eigenvalue weighted by Gasteiger charge is 2.27. The van der Waals surface area contributed by atoms with E-state index in [2.05, 4.69) is 33.8 Å². The second-order valence-electron chi connectivity index (χ2n) is 4.62. The Hall–Kier alpha value is -0.970. The van der Waals surface area contributed by atoms with Gasteiger partial charge in [-0.15, -0.1) is 0 Å². The van der Waals surface area contributed by atoms with Gasteiger partial charge in [-0.1, -0.05) is 6.92 Å². The zero-order valence-corrected chi connectivity index (χ0v) is 12.0. The maximum atomic E-state index is 4.60. The van der Waals surface area contributed by atoms with Crippen molar-refractivity contribution in [1.29, 1.82) is 0 Å². The fourth-order valence-electron chi connectivity index (χ4n) is 1.71. The fraction of sp³-hybridized carbons (Fsp3) is 0.692. The average Bonchev–Trinajstić information content (AvgIpc) is 3.21. The molecule has 0 amide bonds. The van der Waals surface area contributed by atoms with Gasteiger partial charge in [-0.2, -0.15) is 11.8 Å². The highest BCUT2D eigenvalue weighted by Crippen LogP contribution is 2.38. The molecule has 0 unspecified atom stereocenters. The Labute approximate surface area is 113 Å². The Bertz CT molecular complexity index is 379. The van der Waals surface area contributed by atoms with Gasteiger partial charge >= 0.3 is 0 Å². The lowest BCUT2D eigenvalue weighted by Gasteiger charge is -2.10. The normalized spacial score (nSPS) is 14.6. The SMILES string of the molecule is CCCNc1cc(NCCSC)nc(C2CC2)n1. The van der Waals surface area contributed by atoms with Crippen molar-refractivity contribution in [1.82, 2.24) is 9.97 Å². The lowest BCUT2D eigenvalue weighted by molar-refractivity contribution is 0.907. The summed E-state index contributed by atoms with van der Waals surface area (Å²) in [5.74, 6) is 4.61. The molecule has 1 heterocycles. The minimum atomic E-state index is 0.592. The van der Waals surface area contributed by atoms with E-state index in [-0.39, 0.29) is 0 Å². The predicted molar refractivity (Wildman–Crippen MR) is 79.7 cm³/mol. The van der Waals surface area contributed by atoms with Crippen molar-refractivity contribution in [2.24, 2.45) is 0 Å². The molecule has 100 valence electrons. The van der Waals surface area contributed by atoms with Crippen molar-refractivity contribution >= 4 is 23.4 Å². The summed E-state index contributed by atoms with van der Waals surface area (Å²) >= 11 is 1.84. The van der Waals surface area contributed by atoms with Crippen molar-refractivity contribution in [2.45, 2.75) is 32.1 Å². The van der Waals surface area contributed by atoms with Crippen LogP contribution in [-0.2, 0) is 0 Å². The number of nitrogens with one attached hydrogen (secondary N) is 2. The number of thioether (sulfide) groups is 1. The Morgan fingerprint density at radius 2 is 1.89 bits per heavy atom. The summed E-state index contributed by atoms with van der Waals surface area (Å²) in [6, 6.07) is 2.02. The van der Waals surface area contributed by atoms with Gasteiger partial charge in [0.25, 0.3) is 0 Å². The molecule has 1 saturated carbocycles. The van der Waals surface area contributed by atoms with Crippen molar-refractivity contribution in [3.8, 4) is 0 Å². The van der Waals surface area contributed by atoms with Gasteiger partial charge in [0.2, 0.25) is 0 Å². The van der Waals surface area contributed by atoms with Crippen LogP contribution in [-0.4, -0.2) is 35.1 Å². The Balaban J connectivity index is 2.03. The molecule has 0 spiro atoms. The second kappa shape index (κ2) is 6.83. The van der Waals surface area contributed by atoms with Crippen molar-refractivity contribution in [2.75, 3.05) is 35.7 Å². The van der Waals surface area contributed by atoms with Crippen LogP contribution in [0.5, 0.6) is 0 Å². The van der Waals surface area contributed by atoms with Gasteiger partial charge in [-0.05, 0) is 25.5 Å². The molecular formula is C13H22N4S. The summed E-state index contributed by atoms with van der Waals surface area (Å²) in [6.07, 6.45) is 5.70. The van der Waals surface area contributed by atoms with Crippen LogP contribution in [0.2, 0.25) is 0 Å². The fourth-order valence-corrected chi connectivity index (χ4v) is 2.01. The Morgan fingerprint density at radius 1 is 1.22 bits per heavy atom. The Morgan fingerprint density at radius 3 is 2.44 bits per heavy atom.